The molecule has 0 radical (unpaired) electrons. The Morgan fingerprint density at radius 3 is 2.57 bits per heavy atom. The van der Waals surface area contributed by atoms with E-state index in [9.17, 15) is 4.79 Å². The standard InChI is InChI=1S/C20H26N6O2S2/c1-11(2)26-17(10-28-16-8-7-12(3)9-13(16)4)23-25-20(26)29-14(5)18(27)21-19-24-22-15(6)30-19/h7-9,11,14H,10H2,1-6H3,(H,21,24,27). The number of carbonyl (C=O) groups excluding carboxylic acids is 1. The summed E-state index contributed by atoms with van der Waals surface area (Å²) in [4.78, 5) is 12.5. The topological polar surface area (TPSA) is 94.8 Å². The summed E-state index contributed by atoms with van der Waals surface area (Å²) in [5, 5.41) is 20.9. The van der Waals surface area contributed by atoms with E-state index in [1.165, 1.54) is 28.7 Å². The molecule has 3 rings (SSSR count). The van der Waals surface area contributed by atoms with Crippen molar-refractivity contribution in [3.8, 4) is 5.75 Å². The minimum absolute atomic E-state index is 0.126. The number of hydrogen-bond donors (Lipinski definition) is 1. The van der Waals surface area contributed by atoms with Gasteiger partial charge in [0.15, 0.2) is 11.0 Å². The van der Waals surface area contributed by atoms with Gasteiger partial charge < -0.3 is 9.30 Å². The predicted molar refractivity (Wildman–Crippen MR) is 119 cm³/mol. The molecule has 160 valence electrons. The summed E-state index contributed by atoms with van der Waals surface area (Å²) in [6.07, 6.45) is 0. The maximum atomic E-state index is 12.5. The number of benzene rings is 1. The molecule has 3 aromatic rings. The van der Waals surface area contributed by atoms with Crippen LogP contribution in [0.25, 0.3) is 0 Å². The van der Waals surface area contributed by atoms with Crippen LogP contribution in [0, 0.1) is 20.8 Å². The van der Waals surface area contributed by atoms with Gasteiger partial charge in [-0.15, -0.1) is 20.4 Å². The Balaban J connectivity index is 1.69. The molecule has 1 aromatic carbocycles. The molecule has 2 aromatic heterocycles. The lowest BCUT2D eigenvalue weighted by molar-refractivity contribution is -0.115. The second-order valence-electron chi connectivity index (χ2n) is 7.30. The van der Waals surface area contributed by atoms with Crippen LogP contribution in [0.4, 0.5) is 5.13 Å². The van der Waals surface area contributed by atoms with Crippen LogP contribution in [0.15, 0.2) is 23.4 Å². The zero-order valence-corrected chi connectivity index (χ0v) is 19.6. The summed E-state index contributed by atoms with van der Waals surface area (Å²) >= 11 is 2.70. The van der Waals surface area contributed by atoms with Gasteiger partial charge in [-0.1, -0.05) is 40.8 Å². The first-order chi connectivity index (χ1) is 14.2. The number of amides is 1. The van der Waals surface area contributed by atoms with E-state index in [1.54, 1.807) is 0 Å². The van der Waals surface area contributed by atoms with E-state index in [0.29, 0.717) is 16.9 Å². The first-order valence-corrected chi connectivity index (χ1v) is 11.4. The quantitative estimate of drug-likeness (QED) is 0.515. The molecule has 0 fully saturated rings. The number of hydrogen-bond acceptors (Lipinski definition) is 8. The second-order valence-corrected chi connectivity index (χ2v) is 9.79. The number of thioether (sulfide) groups is 1. The zero-order chi connectivity index (χ0) is 21.8. The van der Waals surface area contributed by atoms with Crippen molar-refractivity contribution in [2.24, 2.45) is 0 Å². The first kappa shape index (κ1) is 22.2. The molecule has 1 unspecified atom stereocenters. The molecular formula is C20H26N6O2S2. The van der Waals surface area contributed by atoms with Gasteiger partial charge >= 0.3 is 0 Å². The maximum Gasteiger partial charge on any atom is 0.239 e. The summed E-state index contributed by atoms with van der Waals surface area (Å²) in [5.41, 5.74) is 2.28. The summed E-state index contributed by atoms with van der Waals surface area (Å²) in [6, 6.07) is 6.21. The lowest BCUT2D eigenvalue weighted by Crippen LogP contribution is -2.23. The molecule has 0 aliphatic heterocycles. The maximum absolute atomic E-state index is 12.5. The predicted octanol–water partition coefficient (Wildman–Crippen LogP) is 4.33. The van der Waals surface area contributed by atoms with Crippen LogP contribution in [-0.2, 0) is 11.4 Å². The van der Waals surface area contributed by atoms with Gasteiger partial charge in [0.05, 0.1) is 5.25 Å². The molecule has 30 heavy (non-hydrogen) atoms. The van der Waals surface area contributed by atoms with Gasteiger partial charge in [0, 0.05) is 6.04 Å². The number of nitrogens with zero attached hydrogens (tertiary/aromatic N) is 5. The van der Waals surface area contributed by atoms with Crippen LogP contribution in [0.2, 0.25) is 0 Å². The normalized spacial score (nSPS) is 12.2. The highest BCUT2D eigenvalue weighted by atomic mass is 32.2. The average Bonchev–Trinajstić information content (AvgIpc) is 3.26. The van der Waals surface area contributed by atoms with E-state index in [2.05, 4.69) is 52.5 Å². The van der Waals surface area contributed by atoms with Crippen LogP contribution < -0.4 is 10.1 Å². The monoisotopic (exact) mass is 446 g/mol. The van der Waals surface area contributed by atoms with E-state index in [1.807, 2.05) is 37.5 Å². The Morgan fingerprint density at radius 2 is 1.93 bits per heavy atom. The molecule has 2 heterocycles. The molecule has 1 atom stereocenters. The fraction of sp³-hybridized carbons (Fsp3) is 0.450. The molecule has 1 amide bonds. The van der Waals surface area contributed by atoms with Gasteiger partial charge in [-0.3, -0.25) is 10.1 Å². The summed E-state index contributed by atoms with van der Waals surface area (Å²) in [6.45, 7) is 12.2. The number of aromatic nitrogens is 5. The van der Waals surface area contributed by atoms with Gasteiger partial charge in [0.25, 0.3) is 0 Å². The van der Waals surface area contributed by atoms with Gasteiger partial charge in [-0.05, 0) is 53.2 Å². The molecule has 8 nitrogen and oxygen atoms in total. The molecule has 0 saturated heterocycles. The molecule has 0 spiro atoms. The fourth-order valence-corrected chi connectivity index (χ4v) is 4.47. The van der Waals surface area contributed by atoms with Crippen molar-refractivity contribution < 1.29 is 9.53 Å². The van der Waals surface area contributed by atoms with Crippen molar-refractivity contribution in [1.82, 2.24) is 25.0 Å². The minimum atomic E-state index is -0.371. The van der Waals surface area contributed by atoms with Crippen LogP contribution >= 0.6 is 23.1 Å². The number of rotatable bonds is 8. The van der Waals surface area contributed by atoms with Gasteiger partial charge in [0.1, 0.15) is 17.4 Å². The van der Waals surface area contributed by atoms with E-state index in [-0.39, 0.29) is 17.2 Å². The zero-order valence-electron chi connectivity index (χ0n) is 18.0. The van der Waals surface area contributed by atoms with Crippen molar-refractivity contribution in [1.29, 1.82) is 0 Å². The number of anilines is 1. The van der Waals surface area contributed by atoms with E-state index >= 15 is 0 Å². The Hall–Kier alpha value is -2.46. The molecule has 0 aliphatic carbocycles. The average molecular weight is 447 g/mol. The Labute approximate surface area is 184 Å². The van der Waals surface area contributed by atoms with Crippen molar-refractivity contribution >= 4 is 34.1 Å². The van der Waals surface area contributed by atoms with Crippen LogP contribution in [0.1, 0.15) is 48.8 Å². The van der Waals surface area contributed by atoms with Crippen molar-refractivity contribution in [3.63, 3.8) is 0 Å². The summed E-state index contributed by atoms with van der Waals surface area (Å²) in [7, 11) is 0. The molecule has 0 aliphatic rings. The third-order valence-electron chi connectivity index (χ3n) is 4.35. The smallest absolute Gasteiger partial charge is 0.239 e. The number of carbonyl (C=O) groups is 1. The SMILES string of the molecule is Cc1ccc(OCc2nnc(SC(C)C(=O)Nc3nnc(C)s3)n2C(C)C)c(C)c1. The number of nitrogens with one attached hydrogen (secondary N) is 1. The third-order valence-corrected chi connectivity index (χ3v) is 6.16. The highest BCUT2D eigenvalue weighted by molar-refractivity contribution is 8.00. The number of ether oxygens (including phenoxy) is 1. The largest absolute Gasteiger partial charge is 0.485 e. The summed E-state index contributed by atoms with van der Waals surface area (Å²) in [5.74, 6) is 1.40. The van der Waals surface area contributed by atoms with E-state index < -0.39 is 0 Å². The van der Waals surface area contributed by atoms with Gasteiger partial charge in [-0.25, -0.2) is 0 Å². The van der Waals surface area contributed by atoms with E-state index in [4.69, 9.17) is 4.74 Å². The minimum Gasteiger partial charge on any atom is -0.485 e. The fourth-order valence-electron chi connectivity index (χ4n) is 2.87. The highest BCUT2D eigenvalue weighted by Crippen LogP contribution is 2.27. The lowest BCUT2D eigenvalue weighted by Gasteiger charge is -2.16. The lowest BCUT2D eigenvalue weighted by atomic mass is 10.1. The summed E-state index contributed by atoms with van der Waals surface area (Å²) < 4.78 is 8.00. The Morgan fingerprint density at radius 1 is 1.17 bits per heavy atom. The molecule has 1 N–H and O–H groups in total. The third kappa shape index (κ3) is 5.37. The van der Waals surface area contributed by atoms with Crippen molar-refractivity contribution in [3.05, 3.63) is 40.2 Å². The van der Waals surface area contributed by atoms with Gasteiger partial charge in [0.2, 0.25) is 11.0 Å². The van der Waals surface area contributed by atoms with Crippen LogP contribution in [0.3, 0.4) is 0 Å². The number of aryl methyl sites for hydroxylation is 3. The van der Waals surface area contributed by atoms with Crippen LogP contribution in [-0.4, -0.2) is 36.1 Å². The molecule has 0 saturated carbocycles. The Kier molecular flexibility index (Phi) is 7.09. The van der Waals surface area contributed by atoms with Crippen LogP contribution in [0.5, 0.6) is 5.75 Å². The molecule has 10 heteroatoms. The van der Waals surface area contributed by atoms with Crippen molar-refractivity contribution in [2.45, 2.75) is 64.6 Å². The van der Waals surface area contributed by atoms with E-state index in [0.717, 1.165) is 22.1 Å². The highest BCUT2D eigenvalue weighted by Gasteiger charge is 2.22. The van der Waals surface area contributed by atoms with Crippen molar-refractivity contribution in [2.75, 3.05) is 5.32 Å². The first-order valence-electron chi connectivity index (χ1n) is 9.66. The Bertz CT molecular complexity index is 1030. The van der Waals surface area contributed by atoms with Gasteiger partial charge in [-0.2, -0.15) is 0 Å². The molecular weight excluding hydrogens is 420 g/mol. The second kappa shape index (κ2) is 9.57. The molecule has 0 bridgehead atoms.